The molecular formula is C11H30N3O2Pt+. The molecule has 0 aliphatic heterocycles. The largest absolute Gasteiger partial charge is 4.00 e. The van der Waals surface area contributed by atoms with Crippen molar-refractivity contribution >= 4 is 0 Å². The molecule has 0 fully saturated rings. The van der Waals surface area contributed by atoms with E-state index in [9.17, 15) is 0 Å². The summed E-state index contributed by atoms with van der Waals surface area (Å²) in [5, 5.41) is 7.70. The van der Waals surface area contributed by atoms with Gasteiger partial charge in [0.25, 0.3) is 0 Å². The second kappa shape index (κ2) is 36.0. The van der Waals surface area contributed by atoms with E-state index in [2.05, 4.69) is 11.8 Å². The Kier molecular flexibility index (Phi) is 64.5. The van der Waals surface area contributed by atoms with Crippen LogP contribution in [0.4, 0.5) is 0 Å². The summed E-state index contributed by atoms with van der Waals surface area (Å²) in [7, 11) is 0. The Morgan fingerprint density at radius 1 is 0.882 bits per heavy atom. The van der Waals surface area contributed by atoms with Crippen molar-refractivity contribution in [2.75, 3.05) is 13.2 Å². The van der Waals surface area contributed by atoms with Crippen molar-refractivity contribution in [2.45, 2.75) is 58.8 Å². The van der Waals surface area contributed by atoms with E-state index in [0.717, 1.165) is 19.3 Å². The average Bonchev–Trinajstić information content (AvgIpc) is 2.22. The van der Waals surface area contributed by atoms with Crippen LogP contribution in [-0.2, 0) is 26.0 Å². The first kappa shape index (κ1) is 30.5. The fourth-order valence-corrected chi connectivity index (χ4v) is 0.937. The molecule has 5 nitrogen and oxygen atoms in total. The summed E-state index contributed by atoms with van der Waals surface area (Å²) in [5.41, 5.74) is 6.84. The molecule has 17 heavy (non-hydrogen) atoms. The van der Waals surface area contributed by atoms with Crippen molar-refractivity contribution in [3.8, 4) is 0 Å². The number of nitrogens with two attached hydrogens (primary N) is 2. The second-order valence-corrected chi connectivity index (χ2v) is 3.35. The molecule has 0 aromatic rings. The Balaban J connectivity index is -0.0000000493. The van der Waals surface area contributed by atoms with Gasteiger partial charge in [-0.05, 0) is 6.42 Å². The zero-order valence-electron chi connectivity index (χ0n) is 11.2. The summed E-state index contributed by atoms with van der Waals surface area (Å²) in [6, 6.07) is 0. The minimum Gasteiger partial charge on any atom is -0.693 e. The molecule has 0 radical (unpaired) electrons. The van der Waals surface area contributed by atoms with E-state index < -0.39 is 0 Å². The van der Waals surface area contributed by atoms with Crippen molar-refractivity contribution < 1.29 is 31.2 Å². The minimum absolute atomic E-state index is 0. The van der Waals surface area contributed by atoms with Gasteiger partial charge >= 0.3 is 21.1 Å². The first-order valence-electron chi connectivity index (χ1n) is 5.74. The van der Waals surface area contributed by atoms with Crippen molar-refractivity contribution in [1.29, 1.82) is 0 Å². The molecule has 0 spiro atoms. The SMILES string of the molecule is CCCCCCC[NH-].CCCCOO.[NH2-].[NH2-].[Pt+4]. The normalized spacial score (nSPS) is 7.76. The average molecular weight is 431 g/mol. The molecule has 6 N–H and O–H groups in total. The van der Waals surface area contributed by atoms with Gasteiger partial charge in [0.05, 0.1) is 6.61 Å². The molecule has 0 amide bonds. The summed E-state index contributed by atoms with van der Waals surface area (Å²) in [6.07, 6.45) is 8.35. The summed E-state index contributed by atoms with van der Waals surface area (Å²) < 4.78 is 0. The first-order valence-corrected chi connectivity index (χ1v) is 5.74. The third-order valence-electron chi connectivity index (χ3n) is 1.87. The van der Waals surface area contributed by atoms with Crippen LogP contribution in [0.3, 0.4) is 0 Å². The zero-order chi connectivity index (χ0) is 11.1. The predicted molar refractivity (Wildman–Crippen MR) is 72.0 cm³/mol. The van der Waals surface area contributed by atoms with Crippen LogP contribution in [0, 0.1) is 0 Å². The van der Waals surface area contributed by atoms with Crippen LogP contribution in [-0.4, -0.2) is 18.4 Å². The van der Waals surface area contributed by atoms with Gasteiger partial charge in [-0.25, -0.2) is 4.89 Å². The van der Waals surface area contributed by atoms with Gasteiger partial charge in [0.15, 0.2) is 0 Å². The molecule has 0 aliphatic carbocycles. The topological polar surface area (TPSA) is 120 Å². The van der Waals surface area contributed by atoms with Gasteiger partial charge in [-0.1, -0.05) is 52.4 Å². The second-order valence-electron chi connectivity index (χ2n) is 3.35. The van der Waals surface area contributed by atoms with E-state index in [1.165, 1.54) is 25.7 Å². The van der Waals surface area contributed by atoms with E-state index in [1.807, 2.05) is 6.92 Å². The predicted octanol–water partition coefficient (Wildman–Crippen LogP) is 5.72. The van der Waals surface area contributed by atoms with Gasteiger partial charge in [0.1, 0.15) is 0 Å². The van der Waals surface area contributed by atoms with E-state index in [1.54, 1.807) is 0 Å². The van der Waals surface area contributed by atoms with E-state index in [-0.39, 0.29) is 33.4 Å². The van der Waals surface area contributed by atoms with Crippen LogP contribution < -0.4 is 0 Å². The molecule has 0 saturated carbocycles. The fraction of sp³-hybridized carbons (Fsp3) is 1.00. The molecule has 0 heterocycles. The Hall–Kier alpha value is 0.488. The zero-order valence-corrected chi connectivity index (χ0v) is 13.5. The number of unbranched alkanes of at least 4 members (excludes halogenated alkanes) is 5. The van der Waals surface area contributed by atoms with Gasteiger partial charge in [0.2, 0.25) is 0 Å². The molecule has 0 unspecified atom stereocenters. The molecular weight excluding hydrogens is 401 g/mol. The van der Waals surface area contributed by atoms with E-state index in [4.69, 9.17) is 11.0 Å². The number of rotatable bonds is 8. The molecule has 110 valence electrons. The quantitative estimate of drug-likeness (QED) is 0.300. The summed E-state index contributed by atoms with van der Waals surface area (Å²) >= 11 is 0. The maximum Gasteiger partial charge on any atom is 4.00 e. The van der Waals surface area contributed by atoms with Gasteiger partial charge in [-0.2, -0.15) is 6.54 Å². The molecule has 6 heteroatoms. The molecule has 0 rings (SSSR count). The number of hydrogen-bond acceptors (Lipinski definition) is 2. The standard InChI is InChI=1S/C7H16N.C4H10O2.2H2N.Pt/c1-2-3-4-5-6-7-8;1-2-3-4-6-5;;;/h8H,2-7H2,1H3;5H,2-4H2,1H3;2*1H2;/q-1;;2*-1;+4. The van der Waals surface area contributed by atoms with Gasteiger partial charge in [-0.3, -0.25) is 5.26 Å². The van der Waals surface area contributed by atoms with E-state index >= 15 is 0 Å². The summed E-state index contributed by atoms with van der Waals surface area (Å²) in [6.45, 7) is 5.33. The number of hydrogen-bond donors (Lipinski definition) is 1. The molecule has 0 aliphatic rings. The summed E-state index contributed by atoms with van der Waals surface area (Å²) in [4.78, 5) is 3.78. The third-order valence-corrected chi connectivity index (χ3v) is 1.87. The Labute approximate surface area is 121 Å². The Morgan fingerprint density at radius 3 is 1.65 bits per heavy atom. The number of nitrogens with one attached hydrogen (secondary N) is 1. The first-order chi connectivity index (χ1) is 6.83. The Bertz CT molecular complexity index is 81.1. The van der Waals surface area contributed by atoms with Crippen LogP contribution in [0.5, 0.6) is 0 Å². The van der Waals surface area contributed by atoms with Gasteiger partial charge in [0, 0.05) is 0 Å². The van der Waals surface area contributed by atoms with Crippen LogP contribution in [0.1, 0.15) is 58.8 Å². The minimum atomic E-state index is 0. The van der Waals surface area contributed by atoms with Crippen LogP contribution >= 0.6 is 0 Å². The van der Waals surface area contributed by atoms with Gasteiger partial charge < -0.3 is 18.0 Å². The monoisotopic (exact) mass is 431 g/mol. The Morgan fingerprint density at radius 2 is 1.35 bits per heavy atom. The van der Waals surface area contributed by atoms with Crippen molar-refractivity contribution in [1.82, 2.24) is 0 Å². The molecule has 0 aromatic heterocycles. The van der Waals surface area contributed by atoms with Gasteiger partial charge in [-0.15, -0.1) is 0 Å². The third kappa shape index (κ3) is 48.0. The molecule has 0 saturated heterocycles. The maximum absolute atomic E-state index is 7.70. The maximum atomic E-state index is 7.70. The van der Waals surface area contributed by atoms with Crippen LogP contribution in [0.25, 0.3) is 18.0 Å². The molecule has 0 aromatic carbocycles. The van der Waals surface area contributed by atoms with E-state index in [0.29, 0.717) is 13.2 Å². The van der Waals surface area contributed by atoms with Crippen molar-refractivity contribution in [3.05, 3.63) is 18.0 Å². The molecule has 0 bridgehead atoms. The van der Waals surface area contributed by atoms with Crippen LogP contribution in [0.2, 0.25) is 0 Å². The smallest absolute Gasteiger partial charge is 0.693 e. The molecule has 0 atom stereocenters. The van der Waals surface area contributed by atoms with Crippen molar-refractivity contribution in [3.63, 3.8) is 0 Å². The fourth-order valence-electron chi connectivity index (χ4n) is 0.937. The van der Waals surface area contributed by atoms with Crippen LogP contribution in [0.15, 0.2) is 0 Å². The van der Waals surface area contributed by atoms with Crippen molar-refractivity contribution in [2.24, 2.45) is 0 Å². The summed E-state index contributed by atoms with van der Waals surface area (Å²) in [5.74, 6) is 0.